The summed E-state index contributed by atoms with van der Waals surface area (Å²) in [6, 6.07) is 12.0. The first-order chi connectivity index (χ1) is 12.1. The number of aliphatic hydroxyl groups excluding tert-OH is 1. The Hall–Kier alpha value is -2.38. The van der Waals surface area contributed by atoms with Crippen molar-refractivity contribution in [3.8, 4) is 0 Å². The van der Waals surface area contributed by atoms with Crippen LogP contribution in [-0.2, 0) is 11.2 Å². The minimum Gasteiger partial charge on any atom is -0.391 e. The molecular formula is C18H21N3O3S. The van der Waals surface area contributed by atoms with Crippen molar-refractivity contribution < 1.29 is 14.7 Å². The fourth-order valence-electron chi connectivity index (χ4n) is 2.89. The predicted octanol–water partition coefficient (Wildman–Crippen LogP) is 2.07. The van der Waals surface area contributed by atoms with Crippen LogP contribution in [0.25, 0.3) is 0 Å². The summed E-state index contributed by atoms with van der Waals surface area (Å²) < 4.78 is 0. The number of carbonyl (C=O) groups is 2. The molecule has 0 saturated carbocycles. The number of para-hydroxylation sites is 1. The smallest absolute Gasteiger partial charge is 0.322 e. The van der Waals surface area contributed by atoms with Gasteiger partial charge in [-0.05, 0) is 30.0 Å². The molecule has 25 heavy (non-hydrogen) atoms. The van der Waals surface area contributed by atoms with Gasteiger partial charge in [0.15, 0.2) is 0 Å². The van der Waals surface area contributed by atoms with Crippen LogP contribution in [0.1, 0.15) is 11.3 Å². The Morgan fingerprint density at radius 3 is 2.72 bits per heavy atom. The highest BCUT2D eigenvalue weighted by atomic mass is 32.1. The fourth-order valence-corrected chi connectivity index (χ4v) is 3.59. The Bertz CT molecular complexity index is 706. The second kappa shape index (κ2) is 8.13. The zero-order chi connectivity index (χ0) is 17.6. The van der Waals surface area contributed by atoms with E-state index in [0.717, 1.165) is 6.42 Å². The molecule has 2 heterocycles. The number of aliphatic hydroxyl groups is 1. The molecule has 7 heteroatoms. The zero-order valence-corrected chi connectivity index (χ0v) is 14.5. The van der Waals surface area contributed by atoms with Crippen LogP contribution < -0.4 is 10.6 Å². The lowest BCUT2D eigenvalue weighted by Crippen LogP contribution is -2.47. The van der Waals surface area contributed by atoms with Gasteiger partial charge < -0.3 is 20.6 Å². The van der Waals surface area contributed by atoms with Crippen LogP contribution in [0.5, 0.6) is 0 Å². The summed E-state index contributed by atoms with van der Waals surface area (Å²) in [6.07, 6.45) is 0.330. The molecule has 2 atom stereocenters. The van der Waals surface area contributed by atoms with E-state index in [4.69, 9.17) is 0 Å². The highest BCUT2D eigenvalue weighted by Crippen LogP contribution is 2.20. The Balaban J connectivity index is 1.56. The molecule has 1 aliphatic rings. The maximum absolute atomic E-state index is 12.5. The SMILES string of the molecule is O=C(NCCc1cccs1)[C@H]1C[C@@H](O)CN1C(=O)Nc1ccccc1. The van der Waals surface area contributed by atoms with E-state index in [1.165, 1.54) is 9.78 Å². The van der Waals surface area contributed by atoms with Gasteiger partial charge in [-0.3, -0.25) is 4.79 Å². The van der Waals surface area contributed by atoms with Crippen LogP contribution in [0.15, 0.2) is 47.8 Å². The lowest BCUT2D eigenvalue weighted by molar-refractivity contribution is -0.124. The van der Waals surface area contributed by atoms with Gasteiger partial charge in [0.25, 0.3) is 0 Å². The standard InChI is InChI=1S/C18H21N3O3S/c22-14-11-16(17(23)19-9-8-15-7-4-10-25-15)21(12-14)18(24)20-13-5-2-1-3-6-13/h1-7,10,14,16,22H,8-9,11-12H2,(H,19,23)(H,20,24)/t14-,16-/m1/s1. The topological polar surface area (TPSA) is 81.7 Å². The van der Waals surface area contributed by atoms with Gasteiger partial charge in [0.1, 0.15) is 6.04 Å². The molecule has 1 aromatic carbocycles. The summed E-state index contributed by atoms with van der Waals surface area (Å²) in [5.74, 6) is -0.226. The number of β-amino-alcohol motifs (C(OH)–C–C–N with tert-alkyl or cyclic N) is 1. The average molecular weight is 359 g/mol. The van der Waals surface area contributed by atoms with Gasteiger partial charge in [0.05, 0.1) is 6.10 Å². The van der Waals surface area contributed by atoms with Crippen LogP contribution in [-0.4, -0.2) is 47.2 Å². The Morgan fingerprint density at radius 1 is 1.20 bits per heavy atom. The first-order valence-electron chi connectivity index (χ1n) is 8.24. The molecule has 132 valence electrons. The summed E-state index contributed by atoms with van der Waals surface area (Å²) in [4.78, 5) is 27.5. The van der Waals surface area contributed by atoms with Crippen molar-refractivity contribution in [2.24, 2.45) is 0 Å². The number of nitrogens with zero attached hydrogens (tertiary/aromatic N) is 1. The number of urea groups is 1. The minimum absolute atomic E-state index is 0.154. The van der Waals surface area contributed by atoms with Gasteiger partial charge in [0.2, 0.25) is 5.91 Å². The largest absolute Gasteiger partial charge is 0.391 e. The van der Waals surface area contributed by atoms with Crippen LogP contribution in [0.4, 0.5) is 10.5 Å². The molecule has 6 nitrogen and oxygen atoms in total. The van der Waals surface area contributed by atoms with Gasteiger partial charge in [-0.2, -0.15) is 0 Å². The number of benzene rings is 1. The number of hydrogen-bond acceptors (Lipinski definition) is 4. The molecule has 0 bridgehead atoms. The van der Waals surface area contributed by atoms with Crippen molar-refractivity contribution in [1.29, 1.82) is 0 Å². The summed E-state index contributed by atoms with van der Waals surface area (Å²) in [5, 5.41) is 17.5. The van der Waals surface area contributed by atoms with Gasteiger partial charge in [-0.25, -0.2) is 4.79 Å². The minimum atomic E-state index is -0.686. The molecule has 1 fully saturated rings. The van der Waals surface area contributed by atoms with Crippen molar-refractivity contribution in [3.63, 3.8) is 0 Å². The zero-order valence-electron chi connectivity index (χ0n) is 13.7. The summed E-state index contributed by atoms with van der Waals surface area (Å²) >= 11 is 1.65. The second-order valence-corrected chi connectivity index (χ2v) is 7.01. The molecule has 0 aliphatic carbocycles. The number of carbonyl (C=O) groups excluding carboxylic acids is 2. The maximum atomic E-state index is 12.5. The molecule has 0 radical (unpaired) electrons. The van der Waals surface area contributed by atoms with E-state index < -0.39 is 12.1 Å². The van der Waals surface area contributed by atoms with Gasteiger partial charge in [-0.1, -0.05) is 24.3 Å². The first kappa shape index (κ1) is 17.4. The monoisotopic (exact) mass is 359 g/mol. The van der Waals surface area contributed by atoms with E-state index in [2.05, 4.69) is 10.6 Å². The Kier molecular flexibility index (Phi) is 5.67. The molecule has 1 saturated heterocycles. The molecule has 3 N–H and O–H groups in total. The number of likely N-dealkylation sites (tertiary alicyclic amines) is 1. The summed E-state index contributed by atoms with van der Waals surface area (Å²) in [6.45, 7) is 0.668. The van der Waals surface area contributed by atoms with Gasteiger partial charge >= 0.3 is 6.03 Å². The van der Waals surface area contributed by atoms with Crippen molar-refractivity contribution >= 4 is 29.0 Å². The number of amides is 3. The third-order valence-electron chi connectivity index (χ3n) is 4.12. The molecular weight excluding hydrogens is 338 g/mol. The normalized spacial score (nSPS) is 19.6. The van der Waals surface area contributed by atoms with Crippen LogP contribution in [0.3, 0.4) is 0 Å². The van der Waals surface area contributed by atoms with E-state index in [9.17, 15) is 14.7 Å². The van der Waals surface area contributed by atoms with Crippen molar-refractivity contribution in [3.05, 3.63) is 52.7 Å². The fraction of sp³-hybridized carbons (Fsp3) is 0.333. The van der Waals surface area contributed by atoms with Crippen LogP contribution in [0.2, 0.25) is 0 Å². The van der Waals surface area contributed by atoms with Gasteiger partial charge in [0, 0.05) is 30.1 Å². The molecule has 2 aromatic rings. The third-order valence-corrected chi connectivity index (χ3v) is 5.05. The molecule has 1 aromatic heterocycles. The first-order valence-corrected chi connectivity index (χ1v) is 9.12. The van der Waals surface area contributed by atoms with E-state index in [0.29, 0.717) is 12.2 Å². The molecule has 1 aliphatic heterocycles. The van der Waals surface area contributed by atoms with Gasteiger partial charge in [-0.15, -0.1) is 11.3 Å². The third kappa shape index (κ3) is 4.58. The molecule has 3 amide bonds. The number of thiophene rings is 1. The van der Waals surface area contributed by atoms with Crippen molar-refractivity contribution in [1.82, 2.24) is 10.2 Å². The van der Waals surface area contributed by atoms with Crippen LogP contribution in [0, 0.1) is 0 Å². The van der Waals surface area contributed by atoms with E-state index in [1.807, 2.05) is 35.7 Å². The highest BCUT2D eigenvalue weighted by molar-refractivity contribution is 7.09. The van der Waals surface area contributed by atoms with Crippen molar-refractivity contribution in [2.75, 3.05) is 18.4 Å². The van der Waals surface area contributed by atoms with Crippen molar-refractivity contribution in [2.45, 2.75) is 25.0 Å². The predicted molar refractivity (Wildman–Crippen MR) is 97.6 cm³/mol. The number of nitrogens with one attached hydrogen (secondary N) is 2. The molecule has 3 rings (SSSR count). The van der Waals surface area contributed by atoms with Crippen LogP contribution >= 0.6 is 11.3 Å². The average Bonchev–Trinajstić information content (AvgIpc) is 3.25. The second-order valence-electron chi connectivity index (χ2n) is 5.97. The number of anilines is 1. The molecule has 0 spiro atoms. The summed E-state index contributed by atoms with van der Waals surface area (Å²) in [7, 11) is 0. The Morgan fingerprint density at radius 2 is 2.00 bits per heavy atom. The number of hydrogen-bond donors (Lipinski definition) is 3. The van der Waals surface area contributed by atoms with E-state index in [-0.39, 0.29) is 24.9 Å². The molecule has 0 unspecified atom stereocenters. The lowest BCUT2D eigenvalue weighted by Gasteiger charge is -2.24. The van der Waals surface area contributed by atoms with E-state index in [1.54, 1.807) is 23.5 Å². The Labute approximate surface area is 150 Å². The highest BCUT2D eigenvalue weighted by Gasteiger charge is 2.38. The maximum Gasteiger partial charge on any atom is 0.322 e. The summed E-state index contributed by atoms with van der Waals surface area (Å²) in [5.41, 5.74) is 0.658. The number of rotatable bonds is 5. The quantitative estimate of drug-likeness (QED) is 0.764. The lowest BCUT2D eigenvalue weighted by atomic mass is 10.2. The van der Waals surface area contributed by atoms with E-state index >= 15 is 0 Å².